The standard InChI is InChI=1S/C2HBr3O2.Na/c3-2(4,5)1(6)7;/h(H,6,7);/q;+1/p-1. The number of carboxylic acid groups (broad SMARTS) is 1. The number of alkyl halides is 3. The average molecular weight is 319 g/mol. The predicted molar refractivity (Wildman–Crippen MR) is 34.5 cm³/mol. The largest absolute Gasteiger partial charge is 1.00 e. The topological polar surface area (TPSA) is 40.1 Å². The van der Waals surface area contributed by atoms with E-state index < -0.39 is 8.11 Å². The second-order valence-corrected chi connectivity index (χ2v) is 7.55. The van der Waals surface area contributed by atoms with Crippen LogP contribution in [0, 0.1) is 0 Å². The van der Waals surface area contributed by atoms with Crippen LogP contribution in [0.3, 0.4) is 0 Å². The molecule has 42 valence electrons. The van der Waals surface area contributed by atoms with Gasteiger partial charge in [-0.25, -0.2) is 0 Å². The fourth-order valence-electron chi connectivity index (χ4n) is 0. The van der Waals surface area contributed by atoms with Gasteiger partial charge in [0, 0.05) is 0 Å². The van der Waals surface area contributed by atoms with Gasteiger partial charge in [0.05, 0.1) is 5.97 Å². The normalized spacial score (nSPS) is 9.88. The molecule has 0 saturated heterocycles. The summed E-state index contributed by atoms with van der Waals surface area (Å²) in [4.78, 5) is 9.77. The minimum atomic E-state index is -1.26. The van der Waals surface area contributed by atoms with Gasteiger partial charge in [0.25, 0.3) is 0 Å². The Bertz CT molecular complexity index is 87.8. The van der Waals surface area contributed by atoms with Crippen molar-refractivity contribution in [3.05, 3.63) is 0 Å². The van der Waals surface area contributed by atoms with Crippen molar-refractivity contribution in [3.8, 4) is 0 Å². The molecule has 0 spiro atoms. The molecule has 0 amide bonds. The maximum atomic E-state index is 9.77. The molecule has 0 bridgehead atoms. The maximum Gasteiger partial charge on any atom is 1.00 e. The zero-order valence-corrected chi connectivity index (χ0v) is 10.7. The Labute approximate surface area is 94.1 Å². The molecule has 0 atom stereocenters. The van der Waals surface area contributed by atoms with Crippen LogP contribution in [0.2, 0.25) is 0 Å². The van der Waals surface area contributed by atoms with E-state index in [1.54, 1.807) is 0 Å². The van der Waals surface area contributed by atoms with E-state index in [-0.39, 0.29) is 29.6 Å². The van der Waals surface area contributed by atoms with Gasteiger partial charge in [0.15, 0.2) is 2.14 Å². The first-order valence-corrected chi connectivity index (χ1v) is 3.60. The summed E-state index contributed by atoms with van der Waals surface area (Å²) < 4.78 is -1.26. The number of aliphatic carboxylic acids is 1. The number of hydrogen-bond donors (Lipinski definition) is 0. The molecule has 6 heteroatoms. The minimum absolute atomic E-state index is 0. The van der Waals surface area contributed by atoms with Crippen LogP contribution in [0.5, 0.6) is 0 Å². The Morgan fingerprint density at radius 1 is 1.38 bits per heavy atom. The van der Waals surface area contributed by atoms with E-state index in [1.807, 2.05) is 0 Å². The molecule has 0 aromatic heterocycles. The van der Waals surface area contributed by atoms with E-state index in [0.717, 1.165) is 0 Å². The van der Waals surface area contributed by atoms with Gasteiger partial charge < -0.3 is 9.90 Å². The SMILES string of the molecule is O=C([O-])C(Br)(Br)Br.[Na+]. The van der Waals surface area contributed by atoms with Crippen LogP contribution >= 0.6 is 47.8 Å². The number of rotatable bonds is 0. The molecule has 0 radical (unpaired) electrons. The van der Waals surface area contributed by atoms with Crippen LogP contribution in [-0.2, 0) is 4.79 Å². The fourth-order valence-corrected chi connectivity index (χ4v) is 0. The van der Waals surface area contributed by atoms with Gasteiger partial charge in [0.1, 0.15) is 0 Å². The molecule has 0 heterocycles. The first-order chi connectivity index (χ1) is 2.94. The van der Waals surface area contributed by atoms with Crippen LogP contribution in [0.4, 0.5) is 0 Å². The Hall–Kier alpha value is 1.91. The van der Waals surface area contributed by atoms with Gasteiger partial charge in [-0.3, -0.25) is 0 Å². The van der Waals surface area contributed by atoms with Crippen molar-refractivity contribution in [2.45, 2.75) is 2.14 Å². The van der Waals surface area contributed by atoms with Crippen LogP contribution in [-0.4, -0.2) is 8.11 Å². The second-order valence-electron chi connectivity index (χ2n) is 0.785. The van der Waals surface area contributed by atoms with E-state index in [9.17, 15) is 9.90 Å². The third-order valence-electron chi connectivity index (χ3n) is 0.231. The van der Waals surface area contributed by atoms with Crippen LogP contribution < -0.4 is 34.7 Å². The molecule has 0 unspecified atom stereocenters. The molecule has 0 aromatic carbocycles. The number of carbonyl (C=O) groups excluding carboxylic acids is 1. The third kappa shape index (κ3) is 6.04. The van der Waals surface area contributed by atoms with E-state index in [0.29, 0.717) is 0 Å². The van der Waals surface area contributed by atoms with Gasteiger partial charge in [-0.2, -0.15) is 0 Å². The molecule has 0 rings (SSSR count). The Morgan fingerprint density at radius 3 is 1.50 bits per heavy atom. The molecular weight excluding hydrogens is 319 g/mol. The smallest absolute Gasteiger partial charge is 0.547 e. The summed E-state index contributed by atoms with van der Waals surface area (Å²) in [5.41, 5.74) is 0. The molecule has 0 aliphatic carbocycles. The Morgan fingerprint density at radius 2 is 1.50 bits per heavy atom. The summed E-state index contributed by atoms with van der Waals surface area (Å²) in [7, 11) is 0. The molecule has 0 aliphatic heterocycles. The first-order valence-electron chi connectivity index (χ1n) is 1.23. The Balaban J connectivity index is 0. The van der Waals surface area contributed by atoms with Gasteiger partial charge in [-0.1, -0.05) is 47.8 Å². The molecule has 0 saturated carbocycles. The molecule has 2 nitrogen and oxygen atoms in total. The Kier molecular flexibility index (Phi) is 7.36. The van der Waals surface area contributed by atoms with Gasteiger partial charge in [-0.05, 0) is 0 Å². The zero-order valence-electron chi connectivity index (χ0n) is 3.95. The monoisotopic (exact) mass is 316 g/mol. The minimum Gasteiger partial charge on any atom is -0.547 e. The number of carboxylic acids is 1. The van der Waals surface area contributed by atoms with E-state index in [4.69, 9.17) is 0 Å². The van der Waals surface area contributed by atoms with Gasteiger partial charge in [-0.15, -0.1) is 0 Å². The zero-order chi connectivity index (χ0) is 6.08. The second kappa shape index (κ2) is 4.68. The van der Waals surface area contributed by atoms with Crippen molar-refractivity contribution in [3.63, 3.8) is 0 Å². The summed E-state index contributed by atoms with van der Waals surface area (Å²) in [6, 6.07) is 0. The average Bonchev–Trinajstić information content (AvgIpc) is 1.31. The van der Waals surface area contributed by atoms with Gasteiger partial charge in [0.2, 0.25) is 0 Å². The fraction of sp³-hybridized carbons (Fsp3) is 0.500. The molecule has 0 N–H and O–H groups in total. The van der Waals surface area contributed by atoms with Crippen molar-refractivity contribution in [1.29, 1.82) is 0 Å². The molecular formula is C2Br3NaO2. The van der Waals surface area contributed by atoms with Crippen LogP contribution in [0.1, 0.15) is 0 Å². The first kappa shape index (κ1) is 12.6. The summed E-state index contributed by atoms with van der Waals surface area (Å²) >= 11 is 8.14. The van der Waals surface area contributed by atoms with Crippen molar-refractivity contribution >= 4 is 53.8 Å². The number of hydrogen-bond acceptors (Lipinski definition) is 2. The van der Waals surface area contributed by atoms with Crippen molar-refractivity contribution in [2.24, 2.45) is 0 Å². The number of carbonyl (C=O) groups is 1. The molecule has 0 fully saturated rings. The summed E-state index contributed by atoms with van der Waals surface area (Å²) in [5, 5.41) is 9.77. The summed E-state index contributed by atoms with van der Waals surface area (Å²) in [5.74, 6) is -1.26. The maximum absolute atomic E-state index is 9.77. The summed E-state index contributed by atoms with van der Waals surface area (Å²) in [6.45, 7) is 0. The van der Waals surface area contributed by atoms with E-state index in [1.165, 1.54) is 0 Å². The van der Waals surface area contributed by atoms with Gasteiger partial charge >= 0.3 is 29.6 Å². The third-order valence-corrected chi connectivity index (χ3v) is 1.20. The van der Waals surface area contributed by atoms with Crippen molar-refractivity contribution in [1.82, 2.24) is 0 Å². The van der Waals surface area contributed by atoms with Crippen molar-refractivity contribution in [2.75, 3.05) is 0 Å². The molecule has 0 aliphatic rings. The molecule has 0 aromatic rings. The van der Waals surface area contributed by atoms with Crippen LogP contribution in [0.15, 0.2) is 0 Å². The van der Waals surface area contributed by atoms with E-state index in [2.05, 4.69) is 47.8 Å². The number of halogens is 3. The predicted octanol–water partition coefficient (Wildman–Crippen LogP) is -2.42. The van der Waals surface area contributed by atoms with Crippen LogP contribution in [0.25, 0.3) is 0 Å². The van der Waals surface area contributed by atoms with Crippen molar-refractivity contribution < 1.29 is 39.5 Å². The summed E-state index contributed by atoms with van der Waals surface area (Å²) in [6.07, 6.45) is 0. The molecule has 8 heavy (non-hydrogen) atoms. The quantitative estimate of drug-likeness (QED) is 0.368. The van der Waals surface area contributed by atoms with E-state index >= 15 is 0 Å².